The minimum atomic E-state index is -0.542. The number of piperazine rings is 1. The topological polar surface area (TPSA) is 93.7 Å². The first-order valence-corrected chi connectivity index (χ1v) is 10.5. The Kier molecular flexibility index (Phi) is 5.85. The molecule has 4 rings (SSSR count). The van der Waals surface area contributed by atoms with Crippen molar-refractivity contribution in [2.75, 3.05) is 37.4 Å². The number of carbonyl (C=O) groups excluding carboxylic acids is 2. The zero-order valence-corrected chi connectivity index (χ0v) is 18.5. The van der Waals surface area contributed by atoms with E-state index in [1.165, 1.54) is 29.2 Å². The van der Waals surface area contributed by atoms with Crippen molar-refractivity contribution in [1.82, 2.24) is 14.7 Å². The van der Waals surface area contributed by atoms with E-state index in [1.807, 2.05) is 4.90 Å². The number of methoxy groups -OCH3 is 1. The molecule has 1 aliphatic rings. The summed E-state index contributed by atoms with van der Waals surface area (Å²) in [5.41, 5.74) is 9.91. The molecule has 1 aromatic heterocycles. The Labute approximate surface area is 187 Å². The van der Waals surface area contributed by atoms with E-state index in [1.54, 1.807) is 24.3 Å². The summed E-state index contributed by atoms with van der Waals surface area (Å²) in [4.78, 5) is 29.1. The van der Waals surface area contributed by atoms with Crippen LogP contribution in [0.4, 0.5) is 11.5 Å². The van der Waals surface area contributed by atoms with E-state index in [-0.39, 0.29) is 23.3 Å². The number of amides is 1. The van der Waals surface area contributed by atoms with Gasteiger partial charge in [-0.3, -0.25) is 4.79 Å². The highest BCUT2D eigenvalue weighted by atomic mass is 16.5. The summed E-state index contributed by atoms with van der Waals surface area (Å²) < 4.78 is 6.16. The number of rotatable bonds is 4. The van der Waals surface area contributed by atoms with Crippen LogP contribution in [-0.2, 0) is 4.74 Å². The summed E-state index contributed by atoms with van der Waals surface area (Å²) in [5, 5.41) is 4.16. The van der Waals surface area contributed by atoms with Crippen LogP contribution in [0.1, 0.15) is 33.2 Å². The molecule has 166 valence electrons. The van der Waals surface area contributed by atoms with Crippen LogP contribution in [0.2, 0.25) is 0 Å². The van der Waals surface area contributed by atoms with Crippen LogP contribution < -0.4 is 10.6 Å². The maximum Gasteiger partial charge on any atom is 0.343 e. The zero-order chi connectivity index (χ0) is 22.8. The average molecular weight is 434 g/mol. The Hall–Kier alpha value is -3.81. The zero-order valence-electron chi connectivity index (χ0n) is 18.5. The maximum absolute atomic E-state index is 13.1. The minimum absolute atomic E-state index is 0.00372. The molecule has 0 spiro atoms. The second-order valence-electron chi connectivity index (χ2n) is 8.03. The van der Waals surface area contributed by atoms with Crippen LogP contribution in [0.25, 0.3) is 5.69 Å². The lowest BCUT2D eigenvalue weighted by atomic mass is 10.1. The molecule has 0 aliphatic carbocycles. The number of aryl methyl sites for hydroxylation is 1. The molecule has 2 aromatic carbocycles. The van der Waals surface area contributed by atoms with Crippen LogP contribution in [0, 0.1) is 6.92 Å². The summed E-state index contributed by atoms with van der Waals surface area (Å²) in [7, 11) is 1.29. The Bertz CT molecular complexity index is 1140. The second-order valence-corrected chi connectivity index (χ2v) is 8.03. The highest BCUT2D eigenvalue weighted by molar-refractivity contribution is 5.95. The van der Waals surface area contributed by atoms with Gasteiger partial charge in [-0.25, -0.2) is 9.48 Å². The quantitative estimate of drug-likeness (QED) is 0.636. The van der Waals surface area contributed by atoms with Crippen molar-refractivity contribution in [2.45, 2.75) is 19.9 Å². The average Bonchev–Trinajstić information content (AvgIpc) is 3.19. The molecule has 1 fully saturated rings. The molecule has 2 N–H and O–H groups in total. The normalized spacial score (nSPS) is 16.2. The molecule has 1 aliphatic heterocycles. The molecule has 8 nitrogen and oxygen atoms in total. The Morgan fingerprint density at radius 3 is 2.50 bits per heavy atom. The van der Waals surface area contributed by atoms with Crippen LogP contribution >= 0.6 is 0 Å². The predicted molar refractivity (Wildman–Crippen MR) is 123 cm³/mol. The summed E-state index contributed by atoms with van der Waals surface area (Å²) in [6, 6.07) is 15.7. The molecule has 8 heteroatoms. The first-order valence-electron chi connectivity index (χ1n) is 10.5. The van der Waals surface area contributed by atoms with E-state index in [9.17, 15) is 9.59 Å². The number of benzene rings is 2. The highest BCUT2D eigenvalue weighted by Crippen LogP contribution is 2.23. The third-order valence-electron chi connectivity index (χ3n) is 5.82. The van der Waals surface area contributed by atoms with Gasteiger partial charge in [-0.2, -0.15) is 5.10 Å². The van der Waals surface area contributed by atoms with Crippen molar-refractivity contribution in [1.29, 1.82) is 0 Å². The van der Waals surface area contributed by atoms with Crippen molar-refractivity contribution >= 4 is 23.4 Å². The van der Waals surface area contributed by atoms with Crippen molar-refractivity contribution in [3.05, 3.63) is 71.4 Å². The molecule has 1 atom stereocenters. The highest BCUT2D eigenvalue weighted by Gasteiger charge is 2.27. The van der Waals surface area contributed by atoms with E-state index in [4.69, 9.17) is 10.5 Å². The summed E-state index contributed by atoms with van der Waals surface area (Å²) in [6.07, 6.45) is 1.37. The Balaban J connectivity index is 1.46. The van der Waals surface area contributed by atoms with Gasteiger partial charge in [0.15, 0.2) is 0 Å². The largest absolute Gasteiger partial charge is 0.465 e. The number of anilines is 2. The molecule has 0 unspecified atom stereocenters. The van der Waals surface area contributed by atoms with Gasteiger partial charge in [0.1, 0.15) is 11.4 Å². The number of nitrogens with zero attached hydrogens (tertiary/aromatic N) is 4. The van der Waals surface area contributed by atoms with Gasteiger partial charge >= 0.3 is 5.97 Å². The lowest BCUT2D eigenvalue weighted by Crippen LogP contribution is -2.53. The molecule has 3 aromatic rings. The molecule has 0 saturated carbocycles. The number of carbonyl (C=O) groups is 2. The van der Waals surface area contributed by atoms with Crippen LogP contribution in [-0.4, -0.2) is 59.3 Å². The number of nitrogens with two attached hydrogens (primary N) is 1. The molecule has 1 amide bonds. The minimum Gasteiger partial charge on any atom is -0.465 e. The van der Waals surface area contributed by atoms with E-state index in [2.05, 4.69) is 48.1 Å². The van der Waals surface area contributed by atoms with Gasteiger partial charge in [0.25, 0.3) is 5.91 Å². The fourth-order valence-corrected chi connectivity index (χ4v) is 4.09. The molecular weight excluding hydrogens is 406 g/mol. The fraction of sp³-hybridized carbons (Fsp3) is 0.292. The van der Waals surface area contributed by atoms with Gasteiger partial charge in [0.05, 0.1) is 19.0 Å². The standard InChI is InChI=1S/C24H27N5O3/c1-16-5-4-6-20(13-16)28-12-11-27(15-17(28)2)23(30)18-7-9-19(10-8-18)29-22(25)21(14-26-29)24(31)32-3/h4-10,13-14,17H,11-12,15,25H2,1-3H3/t17-/m1/s1. The number of hydrogen-bond acceptors (Lipinski definition) is 6. The monoisotopic (exact) mass is 433 g/mol. The lowest BCUT2D eigenvalue weighted by molar-refractivity contribution is 0.0601. The SMILES string of the molecule is COC(=O)c1cnn(-c2ccc(C(=O)N3CCN(c4cccc(C)c4)[C@H](C)C3)cc2)c1N. The van der Waals surface area contributed by atoms with E-state index < -0.39 is 5.97 Å². The summed E-state index contributed by atoms with van der Waals surface area (Å²) in [5.74, 6) is -0.354. The third kappa shape index (κ3) is 4.03. The molecule has 0 bridgehead atoms. The molecule has 1 saturated heterocycles. The first kappa shape index (κ1) is 21.4. The van der Waals surface area contributed by atoms with Crippen molar-refractivity contribution in [2.24, 2.45) is 0 Å². The maximum atomic E-state index is 13.1. The smallest absolute Gasteiger partial charge is 0.343 e. The molecular formula is C24H27N5O3. The molecule has 32 heavy (non-hydrogen) atoms. The summed E-state index contributed by atoms with van der Waals surface area (Å²) in [6.45, 7) is 6.33. The molecule has 2 heterocycles. The number of ether oxygens (including phenoxy) is 1. The van der Waals surface area contributed by atoms with Gasteiger partial charge in [-0.05, 0) is 55.8 Å². The first-order chi connectivity index (χ1) is 15.4. The summed E-state index contributed by atoms with van der Waals surface area (Å²) >= 11 is 0. The van der Waals surface area contributed by atoms with Crippen LogP contribution in [0.5, 0.6) is 0 Å². The van der Waals surface area contributed by atoms with Gasteiger partial charge in [-0.1, -0.05) is 12.1 Å². The Morgan fingerprint density at radius 2 is 1.84 bits per heavy atom. The van der Waals surface area contributed by atoms with Gasteiger partial charge in [0.2, 0.25) is 0 Å². The van der Waals surface area contributed by atoms with Crippen molar-refractivity contribution in [3.8, 4) is 5.69 Å². The third-order valence-corrected chi connectivity index (χ3v) is 5.82. The van der Waals surface area contributed by atoms with Gasteiger partial charge in [-0.15, -0.1) is 0 Å². The van der Waals surface area contributed by atoms with E-state index in [0.717, 1.165) is 6.54 Å². The Morgan fingerprint density at radius 1 is 1.09 bits per heavy atom. The fourth-order valence-electron chi connectivity index (χ4n) is 4.09. The number of nitrogen functional groups attached to an aromatic ring is 1. The van der Waals surface area contributed by atoms with Gasteiger partial charge < -0.3 is 20.3 Å². The van der Waals surface area contributed by atoms with Gasteiger partial charge in [0, 0.05) is 36.9 Å². The number of esters is 1. The van der Waals surface area contributed by atoms with E-state index in [0.29, 0.717) is 24.3 Å². The van der Waals surface area contributed by atoms with Crippen LogP contribution in [0.15, 0.2) is 54.7 Å². The van der Waals surface area contributed by atoms with E-state index >= 15 is 0 Å². The number of hydrogen-bond donors (Lipinski definition) is 1. The second kappa shape index (κ2) is 8.74. The predicted octanol–water partition coefficient (Wildman–Crippen LogP) is 2.90. The number of aromatic nitrogens is 2. The van der Waals surface area contributed by atoms with Crippen molar-refractivity contribution < 1.29 is 14.3 Å². The van der Waals surface area contributed by atoms with Crippen molar-refractivity contribution in [3.63, 3.8) is 0 Å². The van der Waals surface area contributed by atoms with Crippen LogP contribution in [0.3, 0.4) is 0 Å². The lowest BCUT2D eigenvalue weighted by Gasteiger charge is -2.41. The molecule has 0 radical (unpaired) electrons.